The molecule has 0 saturated heterocycles. The van der Waals surface area contributed by atoms with Crippen LogP contribution in [-0.4, -0.2) is 0 Å². The Bertz CT molecular complexity index is 561. The Hall–Kier alpha value is -1.52. The molecule has 0 unspecified atom stereocenters. The summed E-state index contributed by atoms with van der Waals surface area (Å²) in [6.07, 6.45) is 0. The average Bonchev–Trinajstić information content (AvgIpc) is 2.22. The maximum atomic E-state index is 13.5. The monoisotopic (exact) mass is 289 g/mol. The van der Waals surface area contributed by atoms with Crippen LogP contribution in [0.5, 0.6) is 11.5 Å². The van der Waals surface area contributed by atoms with E-state index in [-0.39, 0.29) is 11.4 Å². The highest BCUT2D eigenvalue weighted by molar-refractivity contribution is 6.34. The van der Waals surface area contributed by atoms with E-state index in [4.69, 9.17) is 33.7 Å². The summed E-state index contributed by atoms with van der Waals surface area (Å²) < 4.78 is 32.1. The summed E-state index contributed by atoms with van der Waals surface area (Å²) in [6, 6.07) is 6.19. The highest BCUT2D eigenvalue weighted by Crippen LogP contribution is 2.32. The number of ether oxygens (including phenoxy) is 1. The molecule has 0 bridgehead atoms. The molecule has 0 aliphatic carbocycles. The number of rotatable bonds is 2. The molecule has 0 heterocycles. The van der Waals surface area contributed by atoms with Gasteiger partial charge in [0.25, 0.3) is 0 Å². The van der Waals surface area contributed by atoms with Crippen molar-refractivity contribution in [1.82, 2.24) is 0 Å². The van der Waals surface area contributed by atoms with Crippen LogP contribution in [-0.2, 0) is 0 Å². The van der Waals surface area contributed by atoms with Crippen LogP contribution in [0.1, 0.15) is 0 Å². The number of benzene rings is 2. The molecule has 94 valence electrons. The molecule has 0 radical (unpaired) electrons. The fraction of sp³-hybridized carbons (Fsp3) is 0. The molecular weight excluding hydrogens is 283 g/mol. The van der Waals surface area contributed by atoms with Crippen molar-refractivity contribution in [2.24, 2.45) is 0 Å². The van der Waals surface area contributed by atoms with Crippen LogP contribution in [0.15, 0.2) is 30.3 Å². The molecule has 0 aliphatic rings. The van der Waals surface area contributed by atoms with Crippen molar-refractivity contribution in [3.63, 3.8) is 0 Å². The Morgan fingerprint density at radius 2 is 1.39 bits per heavy atom. The smallest absolute Gasteiger partial charge is 0.198 e. The van der Waals surface area contributed by atoms with Gasteiger partial charge in [-0.3, -0.25) is 0 Å². The zero-order valence-electron chi connectivity index (χ0n) is 8.88. The number of nitrogens with two attached hydrogens (primary N) is 1. The largest absolute Gasteiger partial charge is 0.451 e. The van der Waals surface area contributed by atoms with Crippen LogP contribution in [0.4, 0.5) is 14.5 Å². The van der Waals surface area contributed by atoms with Gasteiger partial charge in [-0.25, -0.2) is 8.78 Å². The predicted molar refractivity (Wildman–Crippen MR) is 67.3 cm³/mol. The minimum absolute atomic E-state index is 0.0264. The highest BCUT2D eigenvalue weighted by Gasteiger charge is 2.13. The zero-order chi connectivity index (χ0) is 13.3. The second kappa shape index (κ2) is 5.00. The van der Waals surface area contributed by atoms with E-state index >= 15 is 0 Å². The van der Waals surface area contributed by atoms with Gasteiger partial charge >= 0.3 is 0 Å². The maximum Gasteiger partial charge on any atom is 0.198 e. The molecule has 0 aromatic heterocycles. The Morgan fingerprint density at radius 3 is 1.89 bits per heavy atom. The Balaban J connectivity index is 2.40. The van der Waals surface area contributed by atoms with Gasteiger partial charge in [0.15, 0.2) is 17.4 Å². The van der Waals surface area contributed by atoms with Gasteiger partial charge in [-0.1, -0.05) is 23.2 Å². The van der Waals surface area contributed by atoms with Crippen molar-refractivity contribution in [2.75, 3.05) is 5.73 Å². The van der Waals surface area contributed by atoms with Gasteiger partial charge in [0.05, 0.1) is 0 Å². The van der Waals surface area contributed by atoms with Crippen molar-refractivity contribution in [2.45, 2.75) is 0 Å². The molecule has 6 heteroatoms. The molecule has 0 atom stereocenters. The third kappa shape index (κ3) is 2.83. The normalized spacial score (nSPS) is 10.4. The standard InChI is InChI=1S/C12H7Cl2F2NO/c13-6-1-7(14)3-9(2-6)18-12-10(15)4-8(17)5-11(12)16/h1-5H,17H2. The van der Waals surface area contributed by atoms with Crippen molar-refractivity contribution in [1.29, 1.82) is 0 Å². The molecule has 0 saturated carbocycles. The molecule has 18 heavy (non-hydrogen) atoms. The van der Waals surface area contributed by atoms with Crippen molar-refractivity contribution in [3.8, 4) is 11.5 Å². The zero-order valence-corrected chi connectivity index (χ0v) is 10.4. The summed E-state index contributed by atoms with van der Waals surface area (Å²) in [5, 5.41) is 0.600. The lowest BCUT2D eigenvalue weighted by Crippen LogP contribution is -1.95. The van der Waals surface area contributed by atoms with Gasteiger partial charge in [0.2, 0.25) is 0 Å². The lowest BCUT2D eigenvalue weighted by atomic mass is 10.2. The molecule has 0 aliphatic heterocycles. The van der Waals surface area contributed by atoms with Crippen LogP contribution in [0.3, 0.4) is 0 Å². The molecule has 0 amide bonds. The van der Waals surface area contributed by atoms with Crippen molar-refractivity contribution >= 4 is 28.9 Å². The number of hydrogen-bond donors (Lipinski definition) is 1. The minimum Gasteiger partial charge on any atom is -0.451 e. The van der Waals surface area contributed by atoms with Gasteiger partial charge in [-0.05, 0) is 18.2 Å². The van der Waals surface area contributed by atoms with Gasteiger partial charge in [0.1, 0.15) is 5.75 Å². The third-order valence-corrected chi connectivity index (χ3v) is 2.51. The number of anilines is 1. The summed E-state index contributed by atoms with van der Waals surface area (Å²) in [5.41, 5.74) is 5.27. The van der Waals surface area contributed by atoms with E-state index in [2.05, 4.69) is 0 Å². The van der Waals surface area contributed by atoms with Crippen molar-refractivity contribution in [3.05, 3.63) is 52.0 Å². The SMILES string of the molecule is Nc1cc(F)c(Oc2cc(Cl)cc(Cl)c2)c(F)c1. The maximum absolute atomic E-state index is 13.5. The minimum atomic E-state index is -0.899. The molecule has 2 N–H and O–H groups in total. The summed E-state index contributed by atoms with van der Waals surface area (Å²) in [6.45, 7) is 0. The van der Waals surface area contributed by atoms with E-state index < -0.39 is 17.4 Å². The average molecular weight is 290 g/mol. The topological polar surface area (TPSA) is 35.2 Å². The van der Waals surface area contributed by atoms with Crippen LogP contribution in [0.25, 0.3) is 0 Å². The Morgan fingerprint density at radius 1 is 0.889 bits per heavy atom. The lowest BCUT2D eigenvalue weighted by molar-refractivity contribution is 0.408. The van der Waals surface area contributed by atoms with Gasteiger partial charge in [-0.2, -0.15) is 0 Å². The quantitative estimate of drug-likeness (QED) is 0.817. The van der Waals surface area contributed by atoms with E-state index in [0.29, 0.717) is 10.0 Å². The lowest BCUT2D eigenvalue weighted by Gasteiger charge is -2.09. The molecule has 2 nitrogen and oxygen atoms in total. The molecular formula is C12H7Cl2F2NO. The second-order valence-corrected chi connectivity index (χ2v) is 4.39. The fourth-order valence-corrected chi connectivity index (χ4v) is 1.89. The first-order valence-electron chi connectivity index (χ1n) is 4.84. The number of halogens is 4. The molecule has 0 fully saturated rings. The molecule has 0 spiro atoms. The van der Waals surface area contributed by atoms with Crippen LogP contribution in [0, 0.1) is 11.6 Å². The third-order valence-electron chi connectivity index (χ3n) is 2.08. The second-order valence-electron chi connectivity index (χ2n) is 3.52. The summed E-state index contributed by atoms with van der Waals surface area (Å²) in [7, 11) is 0. The predicted octanol–water partition coefficient (Wildman–Crippen LogP) is 4.65. The highest BCUT2D eigenvalue weighted by atomic mass is 35.5. The first-order chi connectivity index (χ1) is 8.45. The van der Waals surface area contributed by atoms with E-state index in [9.17, 15) is 8.78 Å². The Kier molecular flexibility index (Phi) is 3.59. The fourth-order valence-electron chi connectivity index (χ4n) is 1.38. The van der Waals surface area contributed by atoms with Crippen LogP contribution in [0.2, 0.25) is 10.0 Å². The number of nitrogen functional groups attached to an aromatic ring is 1. The summed E-state index contributed by atoms with van der Waals surface area (Å²) in [5.74, 6) is -2.22. The summed E-state index contributed by atoms with van der Waals surface area (Å²) in [4.78, 5) is 0. The van der Waals surface area contributed by atoms with Gasteiger partial charge in [0, 0.05) is 27.9 Å². The Labute approximate surface area is 112 Å². The van der Waals surface area contributed by atoms with E-state index in [1.54, 1.807) is 0 Å². The summed E-state index contributed by atoms with van der Waals surface area (Å²) >= 11 is 11.5. The first-order valence-corrected chi connectivity index (χ1v) is 5.60. The van der Waals surface area contributed by atoms with E-state index in [0.717, 1.165) is 12.1 Å². The van der Waals surface area contributed by atoms with Crippen LogP contribution >= 0.6 is 23.2 Å². The number of hydrogen-bond acceptors (Lipinski definition) is 2. The molecule has 2 aromatic carbocycles. The molecule has 2 rings (SSSR count). The van der Waals surface area contributed by atoms with Gasteiger partial charge < -0.3 is 10.5 Å². The molecule has 2 aromatic rings. The van der Waals surface area contributed by atoms with Crippen molar-refractivity contribution < 1.29 is 13.5 Å². The van der Waals surface area contributed by atoms with Gasteiger partial charge in [-0.15, -0.1) is 0 Å². The first kappa shape index (κ1) is 12.9. The van der Waals surface area contributed by atoms with Crippen LogP contribution < -0.4 is 10.5 Å². The van der Waals surface area contributed by atoms with E-state index in [1.807, 2.05) is 0 Å². The van der Waals surface area contributed by atoms with E-state index in [1.165, 1.54) is 18.2 Å².